The molecule has 0 unspecified atom stereocenters. The number of hydrogen-bond donors (Lipinski definition) is 2. The Labute approximate surface area is 161 Å². The topological polar surface area (TPSA) is 95.6 Å². The highest BCUT2D eigenvalue weighted by molar-refractivity contribution is 7.89. The van der Waals surface area contributed by atoms with Crippen LogP contribution in [-0.4, -0.2) is 43.3 Å². The van der Waals surface area contributed by atoms with Crippen molar-refractivity contribution in [3.63, 3.8) is 0 Å². The van der Waals surface area contributed by atoms with Crippen LogP contribution < -0.4 is 10.0 Å². The van der Waals surface area contributed by atoms with Gasteiger partial charge in [0.2, 0.25) is 21.8 Å². The molecular weight excluding hydrogens is 366 g/mol. The second-order valence-electron chi connectivity index (χ2n) is 8.32. The third-order valence-corrected chi connectivity index (χ3v) is 6.24. The van der Waals surface area contributed by atoms with Crippen LogP contribution in [-0.2, 0) is 19.6 Å². The van der Waals surface area contributed by atoms with Crippen molar-refractivity contribution in [2.24, 2.45) is 5.92 Å². The molecule has 0 saturated carbocycles. The first kappa shape index (κ1) is 21.4. The summed E-state index contributed by atoms with van der Waals surface area (Å²) >= 11 is 0. The van der Waals surface area contributed by atoms with Crippen LogP contribution in [0.25, 0.3) is 0 Å². The molecule has 7 nitrogen and oxygen atoms in total. The highest BCUT2D eigenvalue weighted by atomic mass is 32.2. The van der Waals surface area contributed by atoms with E-state index in [1.165, 1.54) is 6.07 Å². The number of carbonyl (C=O) groups excluding carboxylic acids is 2. The van der Waals surface area contributed by atoms with Gasteiger partial charge in [-0.05, 0) is 59.2 Å². The first-order valence-electron chi connectivity index (χ1n) is 9.05. The van der Waals surface area contributed by atoms with Gasteiger partial charge in [0.1, 0.15) is 0 Å². The average Bonchev–Trinajstić information content (AvgIpc) is 2.90. The quantitative estimate of drug-likeness (QED) is 0.799. The van der Waals surface area contributed by atoms with E-state index in [9.17, 15) is 18.0 Å². The minimum absolute atomic E-state index is 0.0454. The number of likely N-dealkylation sites (tertiary alicyclic amines) is 1. The van der Waals surface area contributed by atoms with Gasteiger partial charge in [-0.1, -0.05) is 6.07 Å². The lowest BCUT2D eigenvalue weighted by molar-refractivity contribution is -0.131. The first-order valence-corrected chi connectivity index (χ1v) is 10.5. The molecule has 0 aromatic heterocycles. The predicted molar refractivity (Wildman–Crippen MR) is 105 cm³/mol. The molecule has 0 aliphatic carbocycles. The van der Waals surface area contributed by atoms with Crippen molar-refractivity contribution in [1.82, 2.24) is 9.62 Å². The summed E-state index contributed by atoms with van der Waals surface area (Å²) in [7, 11) is -3.67. The van der Waals surface area contributed by atoms with Crippen molar-refractivity contribution in [2.75, 3.05) is 11.9 Å². The van der Waals surface area contributed by atoms with Crippen molar-refractivity contribution >= 4 is 27.5 Å². The summed E-state index contributed by atoms with van der Waals surface area (Å²) in [5, 5.41) is 2.76. The van der Waals surface area contributed by atoms with E-state index < -0.39 is 15.9 Å². The van der Waals surface area contributed by atoms with Gasteiger partial charge in [0.05, 0.1) is 10.8 Å². The van der Waals surface area contributed by atoms with Crippen LogP contribution in [0.1, 0.15) is 46.6 Å². The molecule has 27 heavy (non-hydrogen) atoms. The number of rotatable bonds is 5. The summed E-state index contributed by atoms with van der Waals surface area (Å²) in [4.78, 5) is 26.6. The van der Waals surface area contributed by atoms with E-state index in [0.29, 0.717) is 17.8 Å². The molecular formula is C19H29N3O4S. The molecule has 1 saturated heterocycles. The zero-order valence-electron chi connectivity index (χ0n) is 16.8. The largest absolute Gasteiger partial charge is 0.337 e. The second kappa shape index (κ2) is 7.59. The zero-order chi connectivity index (χ0) is 20.6. The SMILES string of the molecule is Cc1ccc(NC(=O)[C@@H]2CC(=O)N(C(C)(C)C)C2)cc1S(=O)(=O)NC(C)C. The summed E-state index contributed by atoms with van der Waals surface area (Å²) < 4.78 is 27.5. The van der Waals surface area contributed by atoms with Crippen LogP contribution in [0.3, 0.4) is 0 Å². The summed E-state index contributed by atoms with van der Waals surface area (Å²) in [5.74, 6) is -0.776. The summed E-state index contributed by atoms with van der Waals surface area (Å²) in [6, 6.07) is 4.54. The lowest BCUT2D eigenvalue weighted by Crippen LogP contribution is -2.42. The minimum Gasteiger partial charge on any atom is -0.337 e. The average molecular weight is 396 g/mol. The van der Waals surface area contributed by atoms with Gasteiger partial charge in [0.25, 0.3) is 0 Å². The summed E-state index contributed by atoms with van der Waals surface area (Å²) in [6.07, 6.45) is 0.162. The minimum atomic E-state index is -3.67. The number of anilines is 1. The number of benzene rings is 1. The first-order chi connectivity index (χ1) is 12.3. The number of carbonyl (C=O) groups is 2. The van der Waals surface area contributed by atoms with E-state index in [-0.39, 0.29) is 34.7 Å². The van der Waals surface area contributed by atoms with Gasteiger partial charge in [-0.15, -0.1) is 0 Å². The molecule has 1 aromatic rings. The standard InChI is InChI=1S/C19H29N3O4S/c1-12(2)21-27(25,26)16-10-15(8-7-13(16)3)20-18(24)14-9-17(23)22(11-14)19(4,5)6/h7-8,10,12,14,21H,9,11H2,1-6H3,(H,20,24)/t14-/m1/s1. The zero-order valence-corrected chi connectivity index (χ0v) is 17.6. The molecule has 1 heterocycles. The Bertz CT molecular complexity index is 841. The molecule has 150 valence electrons. The number of nitrogens with zero attached hydrogens (tertiary/aromatic N) is 1. The van der Waals surface area contributed by atoms with Crippen LogP contribution in [0.4, 0.5) is 5.69 Å². The Kier molecular flexibility index (Phi) is 6.01. The van der Waals surface area contributed by atoms with Gasteiger partial charge in [-0.2, -0.15) is 0 Å². The van der Waals surface area contributed by atoms with Crippen molar-refractivity contribution < 1.29 is 18.0 Å². The molecule has 1 aromatic carbocycles. The van der Waals surface area contributed by atoms with Crippen molar-refractivity contribution in [2.45, 2.75) is 64.4 Å². The normalized spacial score (nSPS) is 18.3. The Hall–Kier alpha value is -1.93. The Balaban J connectivity index is 2.18. The third-order valence-electron chi connectivity index (χ3n) is 4.44. The molecule has 0 bridgehead atoms. The number of sulfonamides is 1. The fourth-order valence-corrected chi connectivity index (χ4v) is 4.64. The molecule has 2 N–H and O–H groups in total. The maximum absolute atomic E-state index is 12.6. The van der Waals surface area contributed by atoms with Crippen molar-refractivity contribution in [3.05, 3.63) is 23.8 Å². The van der Waals surface area contributed by atoms with Gasteiger partial charge in [0.15, 0.2) is 0 Å². The smallest absolute Gasteiger partial charge is 0.241 e. The summed E-state index contributed by atoms with van der Waals surface area (Å²) in [5.41, 5.74) is 0.659. The molecule has 2 amide bonds. The van der Waals surface area contributed by atoms with E-state index in [1.807, 2.05) is 20.8 Å². The highest BCUT2D eigenvalue weighted by Crippen LogP contribution is 2.27. The molecule has 8 heteroatoms. The number of nitrogens with one attached hydrogen (secondary N) is 2. The molecule has 0 spiro atoms. The van der Waals surface area contributed by atoms with Crippen LogP contribution >= 0.6 is 0 Å². The fourth-order valence-electron chi connectivity index (χ4n) is 3.12. The lowest BCUT2D eigenvalue weighted by Gasteiger charge is -2.31. The summed E-state index contributed by atoms with van der Waals surface area (Å²) in [6.45, 7) is 11.4. The Morgan fingerprint density at radius 3 is 2.41 bits per heavy atom. The maximum atomic E-state index is 12.6. The van der Waals surface area contributed by atoms with E-state index in [1.54, 1.807) is 37.8 Å². The number of hydrogen-bond acceptors (Lipinski definition) is 4. The maximum Gasteiger partial charge on any atom is 0.241 e. The molecule has 0 radical (unpaired) electrons. The number of amides is 2. The number of aryl methyl sites for hydroxylation is 1. The molecule has 1 aliphatic rings. The Morgan fingerprint density at radius 2 is 1.89 bits per heavy atom. The van der Waals surface area contributed by atoms with Crippen LogP contribution in [0.5, 0.6) is 0 Å². The van der Waals surface area contributed by atoms with Crippen LogP contribution in [0.15, 0.2) is 23.1 Å². The van der Waals surface area contributed by atoms with E-state index in [0.717, 1.165) is 0 Å². The highest BCUT2D eigenvalue weighted by Gasteiger charge is 2.39. The molecule has 1 atom stereocenters. The van der Waals surface area contributed by atoms with E-state index >= 15 is 0 Å². The van der Waals surface area contributed by atoms with E-state index in [2.05, 4.69) is 10.0 Å². The molecule has 2 rings (SSSR count). The van der Waals surface area contributed by atoms with E-state index in [4.69, 9.17) is 0 Å². The second-order valence-corrected chi connectivity index (χ2v) is 10.0. The van der Waals surface area contributed by atoms with Gasteiger partial charge in [-0.3, -0.25) is 9.59 Å². The molecule has 1 fully saturated rings. The predicted octanol–water partition coefficient (Wildman–Crippen LogP) is 2.27. The molecule has 1 aliphatic heterocycles. The van der Waals surface area contributed by atoms with Crippen molar-refractivity contribution in [3.8, 4) is 0 Å². The van der Waals surface area contributed by atoms with Gasteiger partial charge < -0.3 is 10.2 Å². The van der Waals surface area contributed by atoms with Gasteiger partial charge in [-0.25, -0.2) is 13.1 Å². The van der Waals surface area contributed by atoms with Gasteiger partial charge in [0, 0.05) is 30.2 Å². The Morgan fingerprint density at radius 1 is 1.26 bits per heavy atom. The third kappa shape index (κ3) is 5.07. The lowest BCUT2D eigenvalue weighted by atomic mass is 10.1. The fraction of sp³-hybridized carbons (Fsp3) is 0.579. The van der Waals surface area contributed by atoms with Crippen molar-refractivity contribution in [1.29, 1.82) is 0 Å². The monoisotopic (exact) mass is 395 g/mol. The van der Waals surface area contributed by atoms with Gasteiger partial charge >= 0.3 is 0 Å². The van der Waals surface area contributed by atoms with Crippen LogP contribution in [0.2, 0.25) is 0 Å². The van der Waals surface area contributed by atoms with Crippen LogP contribution in [0, 0.1) is 12.8 Å².